The van der Waals surface area contributed by atoms with E-state index in [2.05, 4.69) is 5.32 Å². The summed E-state index contributed by atoms with van der Waals surface area (Å²) in [5, 5.41) is 11.2. The summed E-state index contributed by atoms with van der Waals surface area (Å²) in [6.45, 7) is 1.57. The Morgan fingerprint density at radius 1 is 0.939 bits per heavy atom. The maximum Gasteiger partial charge on any atom is 0.252 e. The highest BCUT2D eigenvalue weighted by atomic mass is 19.1. The Kier molecular flexibility index (Phi) is 7.03. The van der Waals surface area contributed by atoms with Crippen LogP contribution in [0, 0.1) is 11.2 Å². The van der Waals surface area contributed by atoms with Crippen LogP contribution in [-0.2, 0) is 11.2 Å². The third-order valence-corrected chi connectivity index (χ3v) is 5.27. The fourth-order valence-electron chi connectivity index (χ4n) is 3.39. The molecule has 2 amide bonds. The number of amides is 2. The monoisotopic (exact) mass is 444 g/mol. The van der Waals surface area contributed by atoms with E-state index >= 15 is 0 Å². The van der Waals surface area contributed by atoms with E-state index in [1.165, 1.54) is 30.3 Å². The molecule has 3 rings (SSSR count). The topological polar surface area (TPSA) is 122 Å². The molecule has 3 aromatic rings. The number of halogens is 1. The summed E-state index contributed by atoms with van der Waals surface area (Å²) in [5.74, 6) is -1.61. The van der Waals surface area contributed by atoms with Crippen molar-refractivity contribution in [1.82, 2.24) is 5.32 Å². The molecule has 0 saturated heterocycles. The van der Waals surface area contributed by atoms with E-state index in [0.717, 1.165) is 5.56 Å². The minimum Gasteiger partial charge on any atom is -0.398 e. The average molecular weight is 445 g/mol. The van der Waals surface area contributed by atoms with Crippen molar-refractivity contribution in [3.05, 3.63) is 113 Å². The van der Waals surface area contributed by atoms with Crippen molar-refractivity contribution in [2.75, 3.05) is 0 Å². The number of carbonyl (C=O) groups excluding carboxylic acids is 2. The average Bonchev–Trinajstić information content (AvgIpc) is 2.80. The van der Waals surface area contributed by atoms with Crippen molar-refractivity contribution < 1.29 is 14.0 Å². The molecule has 1 unspecified atom stereocenters. The van der Waals surface area contributed by atoms with Gasteiger partial charge in [0.25, 0.3) is 5.91 Å². The van der Waals surface area contributed by atoms with Gasteiger partial charge in [-0.3, -0.25) is 9.59 Å². The van der Waals surface area contributed by atoms with Gasteiger partial charge in [-0.25, -0.2) is 4.39 Å². The van der Waals surface area contributed by atoms with Gasteiger partial charge in [-0.2, -0.15) is 0 Å². The van der Waals surface area contributed by atoms with Gasteiger partial charge < -0.3 is 22.2 Å². The van der Waals surface area contributed by atoms with Crippen molar-refractivity contribution in [3.8, 4) is 0 Å². The summed E-state index contributed by atoms with van der Waals surface area (Å²) in [6.07, 6.45) is 1.61. The van der Waals surface area contributed by atoms with Gasteiger partial charge in [-0.1, -0.05) is 60.7 Å². The molecule has 7 heteroatoms. The lowest BCUT2D eigenvalue weighted by molar-refractivity contribution is -0.123. The molecule has 0 aliphatic heterocycles. The van der Waals surface area contributed by atoms with Crippen LogP contribution in [0.15, 0.2) is 84.9 Å². The molecule has 0 aliphatic carbocycles. The van der Waals surface area contributed by atoms with Crippen LogP contribution in [0.2, 0.25) is 0 Å². The van der Waals surface area contributed by atoms with E-state index < -0.39 is 23.2 Å². The van der Waals surface area contributed by atoms with E-state index in [1.54, 1.807) is 31.2 Å². The van der Waals surface area contributed by atoms with Gasteiger partial charge in [-0.05, 0) is 42.3 Å². The first-order chi connectivity index (χ1) is 15.7. The molecule has 0 radical (unpaired) electrons. The second-order valence-electron chi connectivity index (χ2n) is 7.88. The number of hydrogen-bond acceptors (Lipinski definition) is 4. The van der Waals surface area contributed by atoms with E-state index in [1.807, 2.05) is 30.3 Å². The van der Waals surface area contributed by atoms with Crippen molar-refractivity contribution in [2.24, 2.45) is 11.5 Å². The Morgan fingerprint density at radius 3 is 2.12 bits per heavy atom. The molecule has 0 spiro atoms. The quantitative estimate of drug-likeness (QED) is 0.398. The Labute approximate surface area is 191 Å². The lowest BCUT2D eigenvalue weighted by atomic mass is 9.91. The molecule has 0 aromatic heterocycles. The van der Waals surface area contributed by atoms with Gasteiger partial charge in [-0.15, -0.1) is 0 Å². The summed E-state index contributed by atoms with van der Waals surface area (Å²) in [4.78, 5) is 25.4. The highest BCUT2D eigenvalue weighted by Crippen LogP contribution is 2.18. The van der Waals surface area contributed by atoms with E-state index in [4.69, 9.17) is 16.9 Å². The zero-order valence-electron chi connectivity index (χ0n) is 18.1. The first-order valence-corrected chi connectivity index (χ1v) is 10.3. The molecule has 3 aromatic carbocycles. The minimum atomic E-state index is -1.34. The maximum absolute atomic E-state index is 13.2. The Morgan fingerprint density at radius 2 is 1.52 bits per heavy atom. The smallest absolute Gasteiger partial charge is 0.252 e. The molecule has 0 fully saturated rings. The van der Waals surface area contributed by atoms with Gasteiger partial charge in [0.05, 0.1) is 5.71 Å². The second kappa shape index (κ2) is 9.91. The first kappa shape index (κ1) is 23.4. The van der Waals surface area contributed by atoms with Gasteiger partial charge in [0.2, 0.25) is 5.91 Å². The number of hydrogen-bond donors (Lipinski definition) is 4. The molecule has 6 N–H and O–H groups in total. The molecule has 33 heavy (non-hydrogen) atoms. The SMILES string of the molecule is CC(Cc1ccccc1)(NC(=O)c1ccccc1C(=N)/C=C(\N)c1ccc(F)cc1)C(N)=O. The third-order valence-electron chi connectivity index (χ3n) is 5.27. The predicted octanol–water partition coefficient (Wildman–Crippen LogP) is 3.41. The highest BCUT2D eigenvalue weighted by molar-refractivity contribution is 6.16. The normalized spacial score (nSPS) is 13.1. The largest absolute Gasteiger partial charge is 0.398 e. The number of nitrogens with one attached hydrogen (secondary N) is 2. The molecule has 0 heterocycles. The molecule has 1 atom stereocenters. The van der Waals surface area contributed by atoms with Crippen molar-refractivity contribution in [1.29, 1.82) is 5.41 Å². The van der Waals surface area contributed by atoms with Crippen LogP contribution in [0.5, 0.6) is 0 Å². The number of nitrogens with two attached hydrogens (primary N) is 2. The Bertz CT molecular complexity index is 1210. The van der Waals surface area contributed by atoms with Crippen LogP contribution in [-0.4, -0.2) is 23.1 Å². The number of primary amides is 1. The summed E-state index contributed by atoms with van der Waals surface area (Å²) >= 11 is 0. The molecule has 0 bridgehead atoms. The van der Waals surface area contributed by atoms with Crippen molar-refractivity contribution in [3.63, 3.8) is 0 Å². The standard InChI is InChI=1S/C26H25FN4O2/c1-26(25(30)33,16-17-7-3-2-4-8-17)31-24(32)21-10-6-5-9-20(21)23(29)15-22(28)18-11-13-19(27)14-12-18/h2-15,29H,16,28H2,1H3,(H2,30,33)(H,31,32)/b22-15-,29-23?. The Hall–Kier alpha value is -4.26. The highest BCUT2D eigenvalue weighted by Gasteiger charge is 2.34. The number of benzene rings is 3. The molecule has 168 valence electrons. The molecule has 0 aliphatic rings. The third kappa shape index (κ3) is 5.71. The number of carbonyl (C=O) groups is 2. The van der Waals surface area contributed by atoms with E-state index in [-0.39, 0.29) is 23.4 Å². The molecule has 6 nitrogen and oxygen atoms in total. The fourth-order valence-corrected chi connectivity index (χ4v) is 3.39. The van der Waals surface area contributed by atoms with Crippen molar-refractivity contribution in [2.45, 2.75) is 18.9 Å². The second-order valence-corrected chi connectivity index (χ2v) is 7.88. The molecule has 0 saturated carbocycles. The van der Waals surface area contributed by atoms with Gasteiger partial charge in [0.15, 0.2) is 0 Å². The van der Waals surface area contributed by atoms with Gasteiger partial charge in [0.1, 0.15) is 11.4 Å². The summed E-state index contributed by atoms with van der Waals surface area (Å²) in [7, 11) is 0. The fraction of sp³-hybridized carbons (Fsp3) is 0.115. The van der Waals surface area contributed by atoms with Crippen LogP contribution in [0.3, 0.4) is 0 Å². The van der Waals surface area contributed by atoms with Gasteiger partial charge in [0, 0.05) is 23.2 Å². The zero-order valence-corrected chi connectivity index (χ0v) is 18.1. The summed E-state index contributed by atoms with van der Waals surface area (Å²) in [6, 6.07) is 21.3. The zero-order chi connectivity index (χ0) is 24.0. The van der Waals surface area contributed by atoms with E-state index in [0.29, 0.717) is 11.1 Å². The van der Waals surface area contributed by atoms with Crippen LogP contribution in [0.4, 0.5) is 4.39 Å². The van der Waals surface area contributed by atoms with Crippen molar-refractivity contribution >= 4 is 23.2 Å². The van der Waals surface area contributed by atoms with Crippen LogP contribution < -0.4 is 16.8 Å². The molecular weight excluding hydrogens is 419 g/mol. The lowest BCUT2D eigenvalue weighted by Crippen LogP contribution is -2.57. The molecular formula is C26H25FN4O2. The predicted molar refractivity (Wildman–Crippen MR) is 127 cm³/mol. The lowest BCUT2D eigenvalue weighted by Gasteiger charge is -2.28. The van der Waals surface area contributed by atoms with Gasteiger partial charge >= 0.3 is 0 Å². The van der Waals surface area contributed by atoms with Crippen LogP contribution >= 0.6 is 0 Å². The summed E-state index contributed by atoms with van der Waals surface area (Å²) in [5.41, 5.74) is 12.5. The van der Waals surface area contributed by atoms with Crippen LogP contribution in [0.1, 0.15) is 34.0 Å². The van der Waals surface area contributed by atoms with Crippen LogP contribution in [0.25, 0.3) is 5.70 Å². The maximum atomic E-state index is 13.2. The summed E-state index contributed by atoms with van der Waals surface area (Å²) < 4.78 is 13.2. The number of rotatable bonds is 8. The minimum absolute atomic E-state index is 0.00795. The van der Waals surface area contributed by atoms with E-state index in [9.17, 15) is 14.0 Å². The first-order valence-electron chi connectivity index (χ1n) is 10.3. The Balaban J connectivity index is 1.87. The number of allylic oxidation sites excluding steroid dienone is 1.